The number of nitrogens with zero attached hydrogens (tertiary/aromatic N) is 1. The molecular formula is C17H22N2O. The highest BCUT2D eigenvalue weighted by Gasteiger charge is 2.11. The Morgan fingerprint density at radius 2 is 1.90 bits per heavy atom. The van der Waals surface area contributed by atoms with Crippen LogP contribution in [0.1, 0.15) is 30.0 Å². The summed E-state index contributed by atoms with van der Waals surface area (Å²) in [5.41, 5.74) is 10.9. The third-order valence-corrected chi connectivity index (χ3v) is 3.58. The minimum absolute atomic E-state index is 0.0341. The van der Waals surface area contributed by atoms with Crippen molar-refractivity contribution in [1.29, 1.82) is 0 Å². The van der Waals surface area contributed by atoms with Gasteiger partial charge in [-0.3, -0.25) is 4.79 Å². The fraction of sp³-hybridized carbons (Fsp3) is 0.353. The second-order valence-corrected chi connectivity index (χ2v) is 5.22. The number of benzene rings is 1. The molecule has 0 bridgehead atoms. The third-order valence-electron chi connectivity index (χ3n) is 3.58. The molecule has 0 amide bonds. The van der Waals surface area contributed by atoms with Gasteiger partial charge in [-0.25, -0.2) is 0 Å². The SMILES string of the molecule is CCCn1c(-c2ccc(C)cc2C)ccc(CN)c1=O. The number of rotatable bonds is 4. The van der Waals surface area contributed by atoms with E-state index in [1.165, 1.54) is 11.1 Å². The smallest absolute Gasteiger partial charge is 0.255 e. The highest BCUT2D eigenvalue weighted by molar-refractivity contribution is 5.64. The lowest BCUT2D eigenvalue weighted by Gasteiger charge is -2.16. The van der Waals surface area contributed by atoms with Crippen LogP contribution in [0.15, 0.2) is 35.1 Å². The largest absolute Gasteiger partial charge is 0.326 e. The molecule has 2 rings (SSSR count). The molecule has 1 aromatic carbocycles. The zero-order valence-electron chi connectivity index (χ0n) is 12.4. The van der Waals surface area contributed by atoms with Crippen molar-refractivity contribution in [3.63, 3.8) is 0 Å². The van der Waals surface area contributed by atoms with Crippen LogP contribution in [0.3, 0.4) is 0 Å². The molecule has 0 saturated carbocycles. The Labute approximate surface area is 120 Å². The van der Waals surface area contributed by atoms with Gasteiger partial charge in [-0.15, -0.1) is 0 Å². The summed E-state index contributed by atoms with van der Waals surface area (Å²) in [5.74, 6) is 0. The minimum Gasteiger partial charge on any atom is -0.326 e. The van der Waals surface area contributed by atoms with Gasteiger partial charge >= 0.3 is 0 Å². The standard InChI is InChI=1S/C17H22N2O/c1-4-9-19-16(8-6-14(11-18)17(19)20)15-7-5-12(2)10-13(15)3/h5-8,10H,4,9,11,18H2,1-3H3. The van der Waals surface area contributed by atoms with Crippen molar-refractivity contribution in [2.75, 3.05) is 0 Å². The molecule has 0 saturated heterocycles. The van der Waals surface area contributed by atoms with E-state index in [1.807, 2.05) is 16.7 Å². The molecule has 1 heterocycles. The van der Waals surface area contributed by atoms with Gasteiger partial charge in [-0.1, -0.05) is 36.8 Å². The van der Waals surface area contributed by atoms with Crippen LogP contribution >= 0.6 is 0 Å². The van der Waals surface area contributed by atoms with E-state index in [2.05, 4.69) is 39.0 Å². The molecule has 1 aromatic heterocycles. The van der Waals surface area contributed by atoms with Crippen molar-refractivity contribution in [3.8, 4) is 11.3 Å². The average molecular weight is 270 g/mol. The monoisotopic (exact) mass is 270 g/mol. The molecule has 2 aromatic rings. The van der Waals surface area contributed by atoms with Gasteiger partial charge < -0.3 is 10.3 Å². The highest BCUT2D eigenvalue weighted by atomic mass is 16.1. The van der Waals surface area contributed by atoms with E-state index in [0.29, 0.717) is 5.56 Å². The van der Waals surface area contributed by atoms with Gasteiger partial charge in [-0.05, 0) is 31.9 Å². The van der Waals surface area contributed by atoms with Crippen LogP contribution in [0.4, 0.5) is 0 Å². The van der Waals surface area contributed by atoms with E-state index < -0.39 is 0 Å². The van der Waals surface area contributed by atoms with Crippen LogP contribution in [0.2, 0.25) is 0 Å². The van der Waals surface area contributed by atoms with Crippen LogP contribution in [0.5, 0.6) is 0 Å². The molecule has 0 aliphatic heterocycles. The zero-order valence-corrected chi connectivity index (χ0v) is 12.4. The number of hydrogen-bond acceptors (Lipinski definition) is 2. The summed E-state index contributed by atoms with van der Waals surface area (Å²) in [6, 6.07) is 10.2. The quantitative estimate of drug-likeness (QED) is 0.928. The summed E-state index contributed by atoms with van der Waals surface area (Å²) in [6.45, 7) is 7.24. The highest BCUT2D eigenvalue weighted by Crippen LogP contribution is 2.23. The summed E-state index contributed by atoms with van der Waals surface area (Å²) >= 11 is 0. The van der Waals surface area contributed by atoms with E-state index in [4.69, 9.17) is 5.73 Å². The molecule has 0 unspecified atom stereocenters. The normalized spacial score (nSPS) is 10.8. The molecule has 0 atom stereocenters. The molecule has 0 aliphatic carbocycles. The fourth-order valence-corrected chi connectivity index (χ4v) is 2.56. The Kier molecular flexibility index (Phi) is 4.40. The van der Waals surface area contributed by atoms with E-state index in [1.54, 1.807) is 0 Å². The lowest BCUT2D eigenvalue weighted by atomic mass is 10.0. The molecule has 20 heavy (non-hydrogen) atoms. The van der Waals surface area contributed by atoms with Crippen molar-refractivity contribution < 1.29 is 0 Å². The summed E-state index contributed by atoms with van der Waals surface area (Å²) in [5, 5.41) is 0. The maximum absolute atomic E-state index is 12.4. The van der Waals surface area contributed by atoms with Crippen LogP contribution in [-0.2, 0) is 13.1 Å². The fourth-order valence-electron chi connectivity index (χ4n) is 2.56. The lowest BCUT2D eigenvalue weighted by Crippen LogP contribution is -2.26. The van der Waals surface area contributed by atoms with Crippen LogP contribution in [0.25, 0.3) is 11.3 Å². The second-order valence-electron chi connectivity index (χ2n) is 5.22. The molecule has 0 fully saturated rings. The molecular weight excluding hydrogens is 248 g/mol. The van der Waals surface area contributed by atoms with Gasteiger partial charge in [0.05, 0.1) is 5.69 Å². The molecule has 3 heteroatoms. The predicted octanol–water partition coefficient (Wildman–Crippen LogP) is 3.00. The number of pyridine rings is 1. The van der Waals surface area contributed by atoms with Crippen molar-refractivity contribution in [3.05, 3.63) is 57.4 Å². The van der Waals surface area contributed by atoms with E-state index >= 15 is 0 Å². The maximum Gasteiger partial charge on any atom is 0.255 e. The van der Waals surface area contributed by atoms with Gasteiger partial charge in [0.1, 0.15) is 0 Å². The third kappa shape index (κ3) is 2.68. The van der Waals surface area contributed by atoms with Crippen molar-refractivity contribution in [2.45, 2.75) is 40.3 Å². The molecule has 106 valence electrons. The molecule has 3 nitrogen and oxygen atoms in total. The first-order valence-corrected chi connectivity index (χ1v) is 7.09. The Balaban J connectivity index is 2.67. The minimum atomic E-state index is 0.0341. The van der Waals surface area contributed by atoms with E-state index in [0.717, 1.165) is 24.2 Å². The Bertz CT molecular complexity index is 671. The van der Waals surface area contributed by atoms with E-state index in [-0.39, 0.29) is 12.1 Å². The van der Waals surface area contributed by atoms with Gasteiger partial charge in [0.25, 0.3) is 5.56 Å². The maximum atomic E-state index is 12.4. The summed E-state index contributed by atoms with van der Waals surface area (Å²) < 4.78 is 1.85. The van der Waals surface area contributed by atoms with Crippen LogP contribution < -0.4 is 11.3 Å². The van der Waals surface area contributed by atoms with Crippen molar-refractivity contribution in [2.24, 2.45) is 5.73 Å². The Hall–Kier alpha value is -1.87. The number of aromatic nitrogens is 1. The van der Waals surface area contributed by atoms with E-state index in [9.17, 15) is 4.79 Å². The number of nitrogens with two attached hydrogens (primary N) is 1. The summed E-state index contributed by atoms with van der Waals surface area (Å²) in [4.78, 5) is 12.4. The van der Waals surface area contributed by atoms with Gasteiger partial charge in [0, 0.05) is 24.2 Å². The second kappa shape index (κ2) is 6.06. The topological polar surface area (TPSA) is 48.0 Å². The Morgan fingerprint density at radius 3 is 2.50 bits per heavy atom. The lowest BCUT2D eigenvalue weighted by molar-refractivity contribution is 0.653. The van der Waals surface area contributed by atoms with Crippen molar-refractivity contribution in [1.82, 2.24) is 4.57 Å². The number of aryl methyl sites for hydroxylation is 2. The first-order chi connectivity index (χ1) is 9.58. The zero-order chi connectivity index (χ0) is 14.7. The summed E-state index contributed by atoms with van der Waals surface area (Å²) in [7, 11) is 0. The molecule has 0 aliphatic rings. The molecule has 0 spiro atoms. The van der Waals surface area contributed by atoms with Gasteiger partial charge in [-0.2, -0.15) is 0 Å². The van der Waals surface area contributed by atoms with Gasteiger partial charge in [0.15, 0.2) is 0 Å². The Morgan fingerprint density at radius 1 is 1.15 bits per heavy atom. The first kappa shape index (κ1) is 14.5. The predicted molar refractivity (Wildman–Crippen MR) is 83.8 cm³/mol. The first-order valence-electron chi connectivity index (χ1n) is 7.09. The van der Waals surface area contributed by atoms with Gasteiger partial charge in [0.2, 0.25) is 0 Å². The van der Waals surface area contributed by atoms with Crippen molar-refractivity contribution >= 4 is 0 Å². The molecule has 0 radical (unpaired) electrons. The summed E-state index contributed by atoms with van der Waals surface area (Å²) in [6.07, 6.45) is 0.922. The molecule has 2 N–H and O–H groups in total. The number of hydrogen-bond donors (Lipinski definition) is 1. The van der Waals surface area contributed by atoms with Crippen LogP contribution in [-0.4, -0.2) is 4.57 Å². The average Bonchev–Trinajstić information content (AvgIpc) is 2.42. The van der Waals surface area contributed by atoms with Crippen LogP contribution in [0, 0.1) is 13.8 Å².